The van der Waals surface area contributed by atoms with Gasteiger partial charge in [0, 0.05) is 0 Å². The van der Waals surface area contributed by atoms with Crippen LogP contribution in [0, 0.1) is 17.8 Å². The Morgan fingerprint density at radius 2 is 1.55 bits per heavy atom. The van der Waals surface area contributed by atoms with Crippen LogP contribution in [0.4, 0.5) is 0 Å². The first kappa shape index (κ1) is 9.09. The van der Waals surface area contributed by atoms with Crippen LogP contribution in [-0.4, -0.2) is 0 Å². The number of unbranched alkanes of at least 4 members (excludes halogenated alkanes) is 3. The first-order valence-corrected chi connectivity index (χ1v) is 5.27. The summed E-state index contributed by atoms with van der Waals surface area (Å²) in [5.74, 6) is 3.17. The van der Waals surface area contributed by atoms with E-state index in [2.05, 4.69) is 20.8 Å². The van der Waals surface area contributed by atoms with Gasteiger partial charge in [0.1, 0.15) is 0 Å². The Kier molecular flexibility index (Phi) is 3.42. The molecule has 1 aliphatic rings. The van der Waals surface area contributed by atoms with Crippen LogP contribution >= 0.6 is 0 Å². The first-order chi connectivity index (χ1) is 5.27. The highest BCUT2D eigenvalue weighted by molar-refractivity contribution is 4.90. The number of rotatable bonds is 5. The van der Waals surface area contributed by atoms with Crippen LogP contribution in [0.5, 0.6) is 0 Å². The highest BCUT2D eigenvalue weighted by Gasteiger charge is 2.41. The summed E-state index contributed by atoms with van der Waals surface area (Å²) in [5.41, 5.74) is 0. The van der Waals surface area contributed by atoms with Crippen molar-refractivity contribution in [3.63, 3.8) is 0 Å². The molecule has 0 aromatic heterocycles. The van der Waals surface area contributed by atoms with Crippen molar-refractivity contribution in [1.82, 2.24) is 0 Å². The fourth-order valence-corrected chi connectivity index (χ4v) is 2.10. The van der Waals surface area contributed by atoms with Crippen molar-refractivity contribution >= 4 is 0 Å². The minimum absolute atomic E-state index is 1.04. The van der Waals surface area contributed by atoms with Gasteiger partial charge in [0.15, 0.2) is 0 Å². The summed E-state index contributed by atoms with van der Waals surface area (Å²) in [4.78, 5) is 0. The molecule has 0 amide bonds. The Morgan fingerprint density at radius 3 is 2.00 bits per heavy atom. The van der Waals surface area contributed by atoms with Crippen LogP contribution in [0.1, 0.15) is 52.9 Å². The van der Waals surface area contributed by atoms with Crippen molar-refractivity contribution in [2.75, 3.05) is 0 Å². The average molecular weight is 154 g/mol. The van der Waals surface area contributed by atoms with Crippen LogP contribution in [0.15, 0.2) is 0 Å². The van der Waals surface area contributed by atoms with Gasteiger partial charge in [0.2, 0.25) is 0 Å². The minimum Gasteiger partial charge on any atom is -0.0654 e. The van der Waals surface area contributed by atoms with E-state index >= 15 is 0 Å². The standard InChI is InChI=1S/C11H22/c1-4-5-6-7-8-11-9(2)10(11)3/h9-11H,4-8H2,1-3H3. The van der Waals surface area contributed by atoms with Gasteiger partial charge < -0.3 is 0 Å². The molecule has 1 saturated carbocycles. The lowest BCUT2D eigenvalue weighted by atomic mass is 10.1. The van der Waals surface area contributed by atoms with Gasteiger partial charge in [-0.3, -0.25) is 0 Å². The van der Waals surface area contributed by atoms with Crippen molar-refractivity contribution in [3.05, 3.63) is 0 Å². The maximum Gasteiger partial charge on any atom is -0.0357 e. The predicted molar refractivity (Wildman–Crippen MR) is 50.6 cm³/mol. The molecule has 0 spiro atoms. The van der Waals surface area contributed by atoms with Crippen LogP contribution in [0.2, 0.25) is 0 Å². The van der Waals surface area contributed by atoms with E-state index in [9.17, 15) is 0 Å². The maximum absolute atomic E-state index is 2.40. The molecule has 0 nitrogen and oxygen atoms in total. The highest BCUT2D eigenvalue weighted by Crippen LogP contribution is 2.48. The molecule has 1 rings (SSSR count). The molecule has 0 aromatic carbocycles. The number of hydrogen-bond acceptors (Lipinski definition) is 0. The Labute approximate surface area is 71.4 Å². The summed E-state index contributed by atoms with van der Waals surface area (Å²) in [6.07, 6.45) is 7.26. The van der Waals surface area contributed by atoms with Gasteiger partial charge in [0.25, 0.3) is 0 Å². The lowest BCUT2D eigenvalue weighted by molar-refractivity contribution is 0.567. The molecule has 0 bridgehead atoms. The molecule has 11 heavy (non-hydrogen) atoms. The Morgan fingerprint density at radius 1 is 0.909 bits per heavy atom. The third-order valence-corrected chi connectivity index (χ3v) is 3.43. The van der Waals surface area contributed by atoms with Gasteiger partial charge in [-0.15, -0.1) is 0 Å². The van der Waals surface area contributed by atoms with E-state index in [1.54, 1.807) is 0 Å². The lowest BCUT2D eigenvalue weighted by Crippen LogP contribution is -1.81. The van der Waals surface area contributed by atoms with Crippen molar-refractivity contribution in [2.24, 2.45) is 17.8 Å². The molecule has 0 aromatic rings. The van der Waals surface area contributed by atoms with Gasteiger partial charge in [0.05, 0.1) is 0 Å². The molecule has 0 heterocycles. The molecule has 0 heteroatoms. The quantitative estimate of drug-likeness (QED) is 0.527. The van der Waals surface area contributed by atoms with Gasteiger partial charge in [-0.1, -0.05) is 46.5 Å². The summed E-state index contributed by atoms with van der Waals surface area (Å²) < 4.78 is 0. The molecule has 1 aliphatic carbocycles. The van der Waals surface area contributed by atoms with Crippen molar-refractivity contribution in [1.29, 1.82) is 0 Å². The van der Waals surface area contributed by atoms with E-state index in [1.165, 1.54) is 32.1 Å². The minimum atomic E-state index is 1.04. The van der Waals surface area contributed by atoms with Gasteiger partial charge in [-0.2, -0.15) is 0 Å². The molecule has 2 atom stereocenters. The van der Waals surface area contributed by atoms with Crippen LogP contribution in [-0.2, 0) is 0 Å². The third kappa shape index (κ3) is 2.50. The first-order valence-electron chi connectivity index (χ1n) is 5.27. The van der Waals surface area contributed by atoms with Gasteiger partial charge in [-0.25, -0.2) is 0 Å². The summed E-state index contributed by atoms with van der Waals surface area (Å²) >= 11 is 0. The molecule has 0 aliphatic heterocycles. The summed E-state index contributed by atoms with van der Waals surface area (Å²) in [6, 6.07) is 0. The van der Waals surface area contributed by atoms with Crippen molar-refractivity contribution in [3.8, 4) is 0 Å². The Balaban J connectivity index is 1.89. The molecule has 2 unspecified atom stereocenters. The molecular weight excluding hydrogens is 132 g/mol. The highest BCUT2D eigenvalue weighted by atomic mass is 14.5. The van der Waals surface area contributed by atoms with E-state index in [0.717, 1.165) is 17.8 Å². The van der Waals surface area contributed by atoms with E-state index in [-0.39, 0.29) is 0 Å². The van der Waals surface area contributed by atoms with Crippen molar-refractivity contribution in [2.45, 2.75) is 52.9 Å². The summed E-state index contributed by atoms with van der Waals surface area (Å²) in [6.45, 7) is 7.08. The fraction of sp³-hybridized carbons (Fsp3) is 1.00. The number of hydrogen-bond donors (Lipinski definition) is 0. The zero-order chi connectivity index (χ0) is 8.27. The molecular formula is C11H22. The average Bonchev–Trinajstić information content (AvgIpc) is 2.55. The molecule has 0 radical (unpaired) electrons. The smallest absolute Gasteiger partial charge is 0.0357 e. The Hall–Kier alpha value is 0. The molecule has 0 saturated heterocycles. The summed E-state index contributed by atoms with van der Waals surface area (Å²) in [5, 5.41) is 0. The monoisotopic (exact) mass is 154 g/mol. The SMILES string of the molecule is CCCCCCC1C(C)C1C. The van der Waals surface area contributed by atoms with Crippen LogP contribution in [0.3, 0.4) is 0 Å². The predicted octanol–water partition coefficient (Wildman–Crippen LogP) is 3.86. The van der Waals surface area contributed by atoms with E-state index in [4.69, 9.17) is 0 Å². The zero-order valence-corrected chi connectivity index (χ0v) is 8.27. The zero-order valence-electron chi connectivity index (χ0n) is 8.27. The molecule has 0 N–H and O–H groups in total. The van der Waals surface area contributed by atoms with Gasteiger partial charge in [-0.05, 0) is 24.2 Å². The topological polar surface area (TPSA) is 0 Å². The third-order valence-electron chi connectivity index (χ3n) is 3.43. The van der Waals surface area contributed by atoms with E-state index < -0.39 is 0 Å². The largest absolute Gasteiger partial charge is 0.0654 e. The molecule has 66 valence electrons. The lowest BCUT2D eigenvalue weighted by Gasteiger charge is -1.97. The van der Waals surface area contributed by atoms with Crippen molar-refractivity contribution < 1.29 is 0 Å². The van der Waals surface area contributed by atoms with E-state index in [1.807, 2.05) is 0 Å². The normalized spacial score (nSPS) is 35.7. The maximum atomic E-state index is 2.40. The Bertz CT molecular complexity index is 98.6. The van der Waals surface area contributed by atoms with Crippen LogP contribution in [0.25, 0.3) is 0 Å². The molecule has 1 fully saturated rings. The second-order valence-electron chi connectivity index (χ2n) is 4.23. The van der Waals surface area contributed by atoms with E-state index in [0.29, 0.717) is 0 Å². The van der Waals surface area contributed by atoms with Gasteiger partial charge >= 0.3 is 0 Å². The fourth-order valence-electron chi connectivity index (χ4n) is 2.10. The second-order valence-corrected chi connectivity index (χ2v) is 4.23. The summed E-state index contributed by atoms with van der Waals surface area (Å²) in [7, 11) is 0. The second kappa shape index (κ2) is 4.13. The van der Waals surface area contributed by atoms with Crippen LogP contribution < -0.4 is 0 Å².